The molecule has 1 heterocycles. The van der Waals surface area contributed by atoms with Crippen molar-refractivity contribution >= 4 is 34.5 Å². The van der Waals surface area contributed by atoms with E-state index in [4.69, 9.17) is 16.8 Å². The van der Waals surface area contributed by atoms with E-state index in [9.17, 15) is 4.39 Å². The summed E-state index contributed by atoms with van der Waals surface area (Å²) in [5.41, 5.74) is 3.21. The van der Waals surface area contributed by atoms with Crippen LogP contribution in [-0.2, 0) is 0 Å². The Kier molecular flexibility index (Phi) is 3.73. The number of thiophene rings is 1. The van der Waals surface area contributed by atoms with Crippen LogP contribution in [-0.4, -0.2) is 11.0 Å². The SMILES string of the molecule is ONC(=Nc1ccc(F)c(Cl)c1)c1ccsc1. The van der Waals surface area contributed by atoms with Crippen LogP contribution in [0.15, 0.2) is 40.0 Å². The maximum absolute atomic E-state index is 12.9. The Hall–Kier alpha value is -1.43. The molecule has 88 valence electrons. The fraction of sp³-hybridized carbons (Fsp3) is 0. The highest BCUT2D eigenvalue weighted by molar-refractivity contribution is 7.08. The first-order valence-corrected chi connectivity index (χ1v) is 5.99. The highest BCUT2D eigenvalue weighted by atomic mass is 35.5. The Morgan fingerprint density at radius 2 is 2.24 bits per heavy atom. The van der Waals surface area contributed by atoms with Crippen molar-refractivity contribution in [2.24, 2.45) is 4.99 Å². The lowest BCUT2D eigenvalue weighted by Crippen LogP contribution is -2.19. The monoisotopic (exact) mass is 270 g/mol. The van der Waals surface area contributed by atoms with Gasteiger partial charge in [0.15, 0.2) is 5.84 Å². The second-order valence-electron chi connectivity index (χ2n) is 3.18. The third kappa shape index (κ3) is 2.82. The van der Waals surface area contributed by atoms with Gasteiger partial charge in [-0.15, -0.1) is 0 Å². The number of hydrogen-bond acceptors (Lipinski definition) is 3. The first kappa shape index (κ1) is 12.0. The van der Waals surface area contributed by atoms with Crippen molar-refractivity contribution in [3.8, 4) is 0 Å². The summed E-state index contributed by atoms with van der Waals surface area (Å²) < 4.78 is 12.9. The van der Waals surface area contributed by atoms with Gasteiger partial charge in [-0.3, -0.25) is 10.7 Å². The maximum Gasteiger partial charge on any atom is 0.158 e. The molecule has 2 N–H and O–H groups in total. The van der Waals surface area contributed by atoms with Crippen LogP contribution in [0.2, 0.25) is 5.02 Å². The lowest BCUT2D eigenvalue weighted by molar-refractivity contribution is 0.235. The number of benzene rings is 1. The van der Waals surface area contributed by atoms with E-state index >= 15 is 0 Å². The number of hydroxylamine groups is 1. The van der Waals surface area contributed by atoms with Gasteiger partial charge in [0.25, 0.3) is 0 Å². The van der Waals surface area contributed by atoms with Gasteiger partial charge in [0.2, 0.25) is 0 Å². The van der Waals surface area contributed by atoms with Crippen LogP contribution in [0.5, 0.6) is 0 Å². The molecule has 2 rings (SSSR count). The summed E-state index contributed by atoms with van der Waals surface area (Å²) in [5.74, 6) is -0.214. The van der Waals surface area contributed by atoms with Crippen LogP contribution in [0.1, 0.15) is 5.56 Å². The van der Waals surface area contributed by atoms with Gasteiger partial charge >= 0.3 is 0 Å². The van der Waals surface area contributed by atoms with Gasteiger partial charge in [-0.25, -0.2) is 9.38 Å². The van der Waals surface area contributed by atoms with Crippen molar-refractivity contribution < 1.29 is 9.60 Å². The highest BCUT2D eigenvalue weighted by Crippen LogP contribution is 2.22. The lowest BCUT2D eigenvalue weighted by Gasteiger charge is -2.03. The molecule has 1 aromatic carbocycles. The molecule has 0 radical (unpaired) electrons. The number of halogens is 2. The van der Waals surface area contributed by atoms with Crippen LogP contribution >= 0.6 is 22.9 Å². The van der Waals surface area contributed by atoms with Crippen LogP contribution in [0.3, 0.4) is 0 Å². The predicted molar refractivity (Wildman–Crippen MR) is 66.8 cm³/mol. The minimum absolute atomic E-state index is 0.00569. The third-order valence-corrected chi connectivity index (χ3v) is 3.02. The number of hydrogen-bond donors (Lipinski definition) is 2. The zero-order valence-electron chi connectivity index (χ0n) is 8.52. The molecule has 0 spiro atoms. The average molecular weight is 271 g/mol. The second-order valence-corrected chi connectivity index (χ2v) is 4.37. The number of nitrogens with zero attached hydrogens (tertiary/aromatic N) is 1. The summed E-state index contributed by atoms with van der Waals surface area (Å²) >= 11 is 7.12. The number of aliphatic imine (C=N–C) groups is 1. The molecule has 0 aliphatic carbocycles. The van der Waals surface area contributed by atoms with E-state index < -0.39 is 5.82 Å². The smallest absolute Gasteiger partial charge is 0.158 e. The van der Waals surface area contributed by atoms with Crippen LogP contribution in [0.25, 0.3) is 0 Å². The largest absolute Gasteiger partial charge is 0.290 e. The fourth-order valence-electron chi connectivity index (χ4n) is 1.24. The maximum atomic E-state index is 12.9. The van der Waals surface area contributed by atoms with E-state index in [-0.39, 0.29) is 10.9 Å². The molecule has 0 aliphatic heterocycles. The Balaban J connectivity index is 2.36. The Bertz CT molecular complexity index is 542. The van der Waals surface area contributed by atoms with Crippen LogP contribution in [0, 0.1) is 5.82 Å². The van der Waals surface area contributed by atoms with E-state index in [2.05, 4.69) is 4.99 Å². The van der Waals surface area contributed by atoms with Crippen molar-refractivity contribution in [2.45, 2.75) is 0 Å². The van der Waals surface area contributed by atoms with Gasteiger partial charge in [-0.05, 0) is 29.6 Å². The summed E-state index contributed by atoms with van der Waals surface area (Å²) in [6.07, 6.45) is 0. The van der Waals surface area contributed by atoms with E-state index in [1.807, 2.05) is 16.2 Å². The third-order valence-electron chi connectivity index (χ3n) is 2.04. The molecule has 0 unspecified atom stereocenters. The van der Waals surface area contributed by atoms with Crippen molar-refractivity contribution in [3.05, 3.63) is 51.4 Å². The molecule has 0 saturated heterocycles. The van der Waals surface area contributed by atoms with E-state index in [0.29, 0.717) is 5.69 Å². The summed E-state index contributed by atoms with van der Waals surface area (Å²) in [5, 5.41) is 12.7. The van der Waals surface area contributed by atoms with Crippen molar-refractivity contribution in [3.63, 3.8) is 0 Å². The van der Waals surface area contributed by atoms with E-state index in [0.717, 1.165) is 5.56 Å². The minimum Gasteiger partial charge on any atom is -0.290 e. The van der Waals surface area contributed by atoms with Gasteiger partial charge < -0.3 is 0 Å². The Morgan fingerprint density at radius 1 is 1.41 bits per heavy atom. The quantitative estimate of drug-likeness (QED) is 0.497. The van der Waals surface area contributed by atoms with E-state index in [1.165, 1.54) is 29.5 Å². The molecule has 6 heteroatoms. The van der Waals surface area contributed by atoms with Gasteiger partial charge in [-0.1, -0.05) is 11.6 Å². The zero-order chi connectivity index (χ0) is 12.3. The summed E-state index contributed by atoms with van der Waals surface area (Å²) in [7, 11) is 0. The fourth-order valence-corrected chi connectivity index (χ4v) is 2.05. The molecule has 0 amide bonds. The topological polar surface area (TPSA) is 44.6 Å². The summed E-state index contributed by atoms with van der Waals surface area (Å²) in [6.45, 7) is 0. The average Bonchev–Trinajstić information content (AvgIpc) is 2.84. The van der Waals surface area contributed by atoms with Crippen molar-refractivity contribution in [1.29, 1.82) is 0 Å². The number of amidine groups is 1. The van der Waals surface area contributed by atoms with Crippen molar-refractivity contribution in [2.75, 3.05) is 0 Å². The lowest BCUT2D eigenvalue weighted by atomic mass is 10.3. The van der Waals surface area contributed by atoms with Gasteiger partial charge in [0.05, 0.1) is 10.7 Å². The molecule has 0 atom stereocenters. The Morgan fingerprint density at radius 3 is 2.82 bits per heavy atom. The standard InChI is InChI=1S/C11H8ClFN2OS/c12-9-5-8(1-2-10(9)13)14-11(15-16)7-3-4-17-6-7/h1-6,16H,(H,14,15). The van der Waals surface area contributed by atoms with Gasteiger partial charge in [0.1, 0.15) is 5.82 Å². The molecule has 0 aliphatic rings. The summed E-state index contributed by atoms with van der Waals surface area (Å²) in [4.78, 5) is 4.13. The normalized spacial score (nSPS) is 11.6. The highest BCUT2D eigenvalue weighted by Gasteiger charge is 2.04. The first-order chi connectivity index (χ1) is 8.20. The molecular formula is C11H8ClFN2OS. The second kappa shape index (κ2) is 5.27. The molecular weight excluding hydrogens is 263 g/mol. The molecule has 17 heavy (non-hydrogen) atoms. The predicted octanol–water partition coefficient (Wildman–Crippen LogP) is 3.60. The molecule has 3 nitrogen and oxygen atoms in total. The molecule has 0 saturated carbocycles. The zero-order valence-corrected chi connectivity index (χ0v) is 10.1. The Labute approximate surface area is 106 Å². The van der Waals surface area contributed by atoms with Crippen molar-refractivity contribution in [1.82, 2.24) is 5.48 Å². The molecule has 0 fully saturated rings. The van der Waals surface area contributed by atoms with Crippen LogP contribution in [0.4, 0.5) is 10.1 Å². The summed E-state index contributed by atoms with van der Waals surface area (Å²) in [6, 6.07) is 5.90. The van der Waals surface area contributed by atoms with E-state index in [1.54, 1.807) is 6.07 Å². The minimum atomic E-state index is -0.500. The van der Waals surface area contributed by atoms with Gasteiger partial charge in [0, 0.05) is 10.9 Å². The first-order valence-electron chi connectivity index (χ1n) is 4.67. The molecule has 2 aromatic rings. The van der Waals surface area contributed by atoms with Crippen LogP contribution < -0.4 is 5.48 Å². The van der Waals surface area contributed by atoms with Gasteiger partial charge in [-0.2, -0.15) is 11.3 Å². The number of nitrogens with one attached hydrogen (secondary N) is 1. The molecule has 0 bridgehead atoms. The molecule has 1 aromatic heterocycles. The number of rotatable bonds is 2.